The van der Waals surface area contributed by atoms with E-state index in [0.29, 0.717) is 0 Å². The first-order valence-corrected chi connectivity index (χ1v) is 8.70. The van der Waals surface area contributed by atoms with Crippen LogP contribution in [0.5, 0.6) is 0 Å². The van der Waals surface area contributed by atoms with Crippen molar-refractivity contribution in [3.8, 4) is 0 Å². The van der Waals surface area contributed by atoms with Crippen molar-refractivity contribution in [3.63, 3.8) is 0 Å². The van der Waals surface area contributed by atoms with E-state index < -0.39 is 28.6 Å². The highest BCUT2D eigenvalue weighted by atomic mass is 35.6. The van der Waals surface area contributed by atoms with Crippen molar-refractivity contribution in [2.45, 2.75) is 28.6 Å². The summed E-state index contributed by atoms with van der Waals surface area (Å²) in [5.74, 6) is 0. The third-order valence-electron chi connectivity index (χ3n) is 1.93. The van der Waals surface area contributed by atoms with Crippen LogP contribution in [-0.4, -0.2) is 28.6 Å². The lowest BCUT2D eigenvalue weighted by molar-refractivity contribution is 0.628. The van der Waals surface area contributed by atoms with Gasteiger partial charge in [-0.25, -0.2) is 0 Å². The fourth-order valence-corrected chi connectivity index (χ4v) is 3.74. The highest BCUT2D eigenvalue weighted by Crippen LogP contribution is 2.51. The fraction of sp³-hybridized carbons (Fsp3) is 0.750. The van der Waals surface area contributed by atoms with E-state index in [9.17, 15) is 0 Å². The minimum Gasteiger partial charge on any atom is -0.119 e. The standard InChI is InChI=1S/C8H5Cl11/c9-2-1-6(13,14)7(15,16)4(11)3(10)5(12)8(17,18)19/h1-5H/b2-1-. The summed E-state index contributed by atoms with van der Waals surface area (Å²) in [6, 6.07) is 0. The van der Waals surface area contributed by atoms with Gasteiger partial charge in [0.15, 0.2) is 8.67 Å². The predicted octanol–water partition coefficient (Wildman–Crippen LogP) is 7.28. The zero-order valence-electron chi connectivity index (χ0n) is 8.54. The van der Waals surface area contributed by atoms with Gasteiger partial charge in [0.05, 0.1) is 16.1 Å². The Morgan fingerprint density at radius 3 is 1.47 bits per heavy atom. The molecule has 0 fully saturated rings. The summed E-state index contributed by atoms with van der Waals surface area (Å²) in [4.78, 5) is 0. The average molecular weight is 491 g/mol. The van der Waals surface area contributed by atoms with E-state index >= 15 is 0 Å². The van der Waals surface area contributed by atoms with Crippen molar-refractivity contribution in [2.24, 2.45) is 0 Å². The zero-order valence-corrected chi connectivity index (χ0v) is 16.9. The Labute approximate surface area is 166 Å². The summed E-state index contributed by atoms with van der Waals surface area (Å²) in [5.41, 5.74) is 1.03. The van der Waals surface area contributed by atoms with Crippen LogP contribution in [0.15, 0.2) is 11.6 Å². The predicted molar refractivity (Wildman–Crippen MR) is 93.1 cm³/mol. The lowest BCUT2D eigenvalue weighted by Crippen LogP contribution is -2.50. The average Bonchev–Trinajstić information content (AvgIpc) is 2.24. The Kier molecular flexibility index (Phi) is 9.41. The molecule has 0 saturated heterocycles. The van der Waals surface area contributed by atoms with Crippen molar-refractivity contribution < 1.29 is 0 Å². The summed E-state index contributed by atoms with van der Waals surface area (Å²) in [6.45, 7) is 0. The molecule has 0 aromatic heterocycles. The Balaban J connectivity index is 5.24. The summed E-state index contributed by atoms with van der Waals surface area (Å²) < 4.78 is -5.66. The molecule has 0 rings (SSSR count). The molecule has 0 heterocycles. The van der Waals surface area contributed by atoms with Crippen LogP contribution in [0.2, 0.25) is 0 Å². The van der Waals surface area contributed by atoms with E-state index in [2.05, 4.69) is 0 Å². The van der Waals surface area contributed by atoms with E-state index in [1.54, 1.807) is 0 Å². The first kappa shape index (κ1) is 21.9. The number of allylic oxidation sites excluding steroid dienone is 1. The van der Waals surface area contributed by atoms with Gasteiger partial charge in [-0.15, -0.1) is 34.8 Å². The molecule has 114 valence electrons. The number of hydrogen-bond acceptors (Lipinski definition) is 0. The maximum atomic E-state index is 6.04. The molecular formula is C8H5Cl11. The molecule has 0 bridgehead atoms. The van der Waals surface area contributed by atoms with Crippen LogP contribution in [0, 0.1) is 0 Å². The van der Waals surface area contributed by atoms with E-state index in [4.69, 9.17) is 128 Å². The zero-order chi connectivity index (χ0) is 15.6. The van der Waals surface area contributed by atoms with Gasteiger partial charge in [0.25, 0.3) is 0 Å². The normalized spacial score (nSPS) is 19.5. The van der Waals surface area contributed by atoms with Gasteiger partial charge < -0.3 is 0 Å². The second kappa shape index (κ2) is 8.15. The van der Waals surface area contributed by atoms with Crippen LogP contribution in [0.3, 0.4) is 0 Å². The molecule has 0 amide bonds. The minimum absolute atomic E-state index is 1.03. The van der Waals surface area contributed by atoms with E-state index in [1.165, 1.54) is 0 Å². The largest absolute Gasteiger partial charge is 0.208 e. The second-order valence-electron chi connectivity index (χ2n) is 3.33. The van der Waals surface area contributed by atoms with Crippen molar-refractivity contribution in [2.75, 3.05) is 0 Å². The van der Waals surface area contributed by atoms with Crippen molar-refractivity contribution in [1.29, 1.82) is 0 Å². The lowest BCUT2D eigenvalue weighted by atomic mass is 10.1. The molecule has 0 aromatic carbocycles. The van der Waals surface area contributed by atoms with Crippen molar-refractivity contribution in [3.05, 3.63) is 11.6 Å². The quantitative estimate of drug-likeness (QED) is 0.355. The van der Waals surface area contributed by atoms with Crippen LogP contribution >= 0.6 is 128 Å². The molecule has 0 aliphatic carbocycles. The maximum absolute atomic E-state index is 6.04. The highest BCUT2D eigenvalue weighted by Gasteiger charge is 2.55. The molecule has 3 atom stereocenters. The monoisotopic (exact) mass is 486 g/mol. The number of halogens is 11. The van der Waals surface area contributed by atoms with Gasteiger partial charge in [0, 0.05) is 5.54 Å². The number of rotatable bonds is 5. The van der Waals surface area contributed by atoms with Crippen LogP contribution < -0.4 is 0 Å². The van der Waals surface area contributed by atoms with E-state index in [1.807, 2.05) is 0 Å². The molecule has 0 aromatic rings. The van der Waals surface area contributed by atoms with Crippen LogP contribution in [0.4, 0.5) is 0 Å². The molecule has 0 aliphatic heterocycles. The van der Waals surface area contributed by atoms with Crippen LogP contribution in [-0.2, 0) is 0 Å². The Morgan fingerprint density at radius 1 is 0.737 bits per heavy atom. The fourth-order valence-electron chi connectivity index (χ4n) is 0.903. The van der Waals surface area contributed by atoms with Crippen molar-refractivity contribution >= 4 is 128 Å². The number of hydrogen-bond donors (Lipinski definition) is 0. The maximum Gasteiger partial charge on any atom is 0.208 e. The van der Waals surface area contributed by atoms with E-state index in [0.717, 1.165) is 11.6 Å². The first-order chi connectivity index (χ1) is 8.29. The van der Waals surface area contributed by atoms with E-state index in [-0.39, 0.29) is 0 Å². The van der Waals surface area contributed by atoms with Gasteiger partial charge in [-0.05, 0) is 6.08 Å². The summed E-state index contributed by atoms with van der Waals surface area (Å²) in [5, 5.41) is -3.59. The molecule has 0 spiro atoms. The molecule has 0 saturated carbocycles. The summed E-state index contributed by atoms with van der Waals surface area (Å²) in [7, 11) is 0. The molecule has 0 aliphatic rings. The van der Waals surface area contributed by atoms with Crippen LogP contribution in [0.1, 0.15) is 0 Å². The molecule has 0 radical (unpaired) electrons. The summed E-state index contributed by atoms with van der Waals surface area (Å²) in [6.07, 6.45) is 1.12. The smallest absolute Gasteiger partial charge is 0.119 e. The number of alkyl halides is 10. The van der Waals surface area contributed by atoms with Gasteiger partial charge in [-0.1, -0.05) is 92.8 Å². The third-order valence-corrected chi connectivity index (χ3v) is 7.59. The molecular weight excluding hydrogens is 486 g/mol. The van der Waals surface area contributed by atoms with Gasteiger partial charge in [-0.3, -0.25) is 0 Å². The molecule has 11 heteroatoms. The van der Waals surface area contributed by atoms with Gasteiger partial charge in [-0.2, -0.15) is 0 Å². The van der Waals surface area contributed by atoms with Gasteiger partial charge >= 0.3 is 0 Å². The Morgan fingerprint density at radius 2 is 1.16 bits per heavy atom. The SMILES string of the molecule is Cl/C=C\C(Cl)(Cl)C(Cl)(Cl)C(Cl)C(Cl)C(Cl)C(Cl)(Cl)Cl. The topological polar surface area (TPSA) is 0 Å². The highest BCUT2D eigenvalue weighted by molar-refractivity contribution is 6.71. The summed E-state index contributed by atoms with van der Waals surface area (Å²) >= 11 is 64.1. The van der Waals surface area contributed by atoms with Gasteiger partial charge in [0.1, 0.15) is 0 Å². The Bertz CT molecular complexity index is 317. The molecule has 19 heavy (non-hydrogen) atoms. The third kappa shape index (κ3) is 5.81. The van der Waals surface area contributed by atoms with Gasteiger partial charge in [0.2, 0.25) is 3.79 Å². The Hall–Kier alpha value is 2.93. The lowest BCUT2D eigenvalue weighted by Gasteiger charge is -2.38. The molecule has 0 nitrogen and oxygen atoms in total. The second-order valence-corrected chi connectivity index (χ2v) is 10.2. The minimum atomic E-state index is -1.95. The van der Waals surface area contributed by atoms with Crippen LogP contribution in [0.25, 0.3) is 0 Å². The van der Waals surface area contributed by atoms with Crippen molar-refractivity contribution in [1.82, 2.24) is 0 Å². The molecule has 0 N–H and O–H groups in total. The molecule has 3 unspecified atom stereocenters. The first-order valence-electron chi connectivity index (χ1n) is 4.31.